The number of rotatable bonds is 3. The molecule has 0 radical (unpaired) electrons. The number of halogens is 1. The van der Waals surface area contributed by atoms with E-state index >= 15 is 0 Å². The molecule has 0 spiro atoms. The first-order chi connectivity index (χ1) is 8.63. The molecule has 2 nitrogen and oxygen atoms in total. The highest BCUT2D eigenvalue weighted by Crippen LogP contribution is 2.32. The van der Waals surface area contributed by atoms with Gasteiger partial charge in [-0.2, -0.15) is 0 Å². The van der Waals surface area contributed by atoms with Gasteiger partial charge in [0.2, 0.25) is 0 Å². The van der Waals surface area contributed by atoms with E-state index in [9.17, 15) is 0 Å². The zero-order chi connectivity index (χ0) is 13.1. The molecular formula is C15H23ClN2. The number of pyridine rings is 1. The fraction of sp³-hybridized carbons (Fsp3) is 0.667. The predicted octanol–water partition coefficient (Wildman–Crippen LogP) is 4.14. The lowest BCUT2D eigenvalue weighted by Crippen LogP contribution is -2.39. The van der Waals surface area contributed by atoms with Gasteiger partial charge in [-0.1, -0.05) is 19.8 Å². The smallest absolute Gasteiger partial charge is 0.0509 e. The van der Waals surface area contributed by atoms with Crippen molar-refractivity contribution in [1.82, 2.24) is 4.98 Å². The van der Waals surface area contributed by atoms with Crippen LogP contribution in [0.5, 0.6) is 0 Å². The Hall–Kier alpha value is -0.760. The molecule has 1 aromatic heterocycles. The molecule has 1 aliphatic carbocycles. The third-order valence-corrected chi connectivity index (χ3v) is 4.47. The van der Waals surface area contributed by atoms with Crippen molar-refractivity contribution in [3.63, 3.8) is 0 Å². The molecule has 1 saturated carbocycles. The van der Waals surface area contributed by atoms with E-state index in [2.05, 4.69) is 29.9 Å². The molecule has 1 fully saturated rings. The van der Waals surface area contributed by atoms with Gasteiger partial charge in [0.1, 0.15) is 0 Å². The normalized spacial score (nSPS) is 24.0. The highest BCUT2D eigenvalue weighted by Gasteiger charge is 2.26. The SMILES string of the molecule is Cc1cc(N(C)C2CCCCC2C)c(CCl)cn1. The summed E-state index contributed by atoms with van der Waals surface area (Å²) >= 11 is 6.04. The minimum absolute atomic E-state index is 0.536. The Labute approximate surface area is 115 Å². The maximum Gasteiger partial charge on any atom is 0.0509 e. The summed E-state index contributed by atoms with van der Waals surface area (Å²) in [4.78, 5) is 6.77. The number of aromatic nitrogens is 1. The van der Waals surface area contributed by atoms with Crippen LogP contribution in [0, 0.1) is 12.8 Å². The number of nitrogens with zero attached hydrogens (tertiary/aromatic N) is 2. The highest BCUT2D eigenvalue weighted by molar-refractivity contribution is 6.17. The van der Waals surface area contributed by atoms with Crippen LogP contribution in [0.3, 0.4) is 0 Å². The number of hydrogen-bond donors (Lipinski definition) is 0. The second-order valence-electron chi connectivity index (χ2n) is 5.53. The first kappa shape index (κ1) is 13.7. The van der Waals surface area contributed by atoms with Crippen LogP contribution in [0.25, 0.3) is 0 Å². The Morgan fingerprint density at radius 1 is 1.39 bits per heavy atom. The van der Waals surface area contributed by atoms with Crippen molar-refractivity contribution in [2.45, 2.75) is 51.5 Å². The van der Waals surface area contributed by atoms with Crippen molar-refractivity contribution in [3.8, 4) is 0 Å². The molecule has 18 heavy (non-hydrogen) atoms. The Bertz CT molecular complexity index is 405. The third kappa shape index (κ3) is 2.80. The van der Waals surface area contributed by atoms with E-state index in [4.69, 9.17) is 11.6 Å². The van der Waals surface area contributed by atoms with Crippen molar-refractivity contribution >= 4 is 17.3 Å². The third-order valence-electron chi connectivity index (χ3n) is 4.19. The monoisotopic (exact) mass is 266 g/mol. The van der Waals surface area contributed by atoms with E-state index in [-0.39, 0.29) is 0 Å². The molecule has 0 aliphatic heterocycles. The molecular weight excluding hydrogens is 244 g/mol. The summed E-state index contributed by atoms with van der Waals surface area (Å²) in [5.41, 5.74) is 3.47. The van der Waals surface area contributed by atoms with Gasteiger partial charge in [-0.05, 0) is 31.7 Å². The Balaban J connectivity index is 2.26. The van der Waals surface area contributed by atoms with Gasteiger partial charge in [-0.3, -0.25) is 4.98 Å². The molecule has 1 heterocycles. The predicted molar refractivity (Wildman–Crippen MR) is 78.4 cm³/mol. The van der Waals surface area contributed by atoms with E-state index in [1.165, 1.54) is 31.4 Å². The number of anilines is 1. The summed E-state index contributed by atoms with van der Waals surface area (Å²) in [6.45, 7) is 4.41. The number of hydrogen-bond acceptors (Lipinski definition) is 2. The maximum absolute atomic E-state index is 6.04. The second-order valence-corrected chi connectivity index (χ2v) is 5.80. The summed E-state index contributed by atoms with van der Waals surface area (Å²) in [6.07, 6.45) is 7.28. The molecule has 0 N–H and O–H groups in total. The van der Waals surface area contributed by atoms with Crippen LogP contribution in [0.4, 0.5) is 5.69 Å². The Morgan fingerprint density at radius 3 is 2.78 bits per heavy atom. The average molecular weight is 267 g/mol. The Kier molecular flexibility index (Phi) is 4.50. The topological polar surface area (TPSA) is 16.1 Å². The minimum Gasteiger partial charge on any atom is -0.371 e. The first-order valence-electron chi connectivity index (χ1n) is 6.87. The molecule has 3 heteroatoms. The van der Waals surface area contributed by atoms with E-state index < -0.39 is 0 Å². The minimum atomic E-state index is 0.536. The van der Waals surface area contributed by atoms with E-state index in [1.807, 2.05) is 13.1 Å². The summed E-state index contributed by atoms with van der Waals surface area (Å²) in [7, 11) is 2.21. The van der Waals surface area contributed by atoms with E-state index in [0.29, 0.717) is 11.9 Å². The summed E-state index contributed by atoms with van der Waals surface area (Å²) in [6, 6.07) is 2.81. The van der Waals surface area contributed by atoms with Crippen LogP contribution in [-0.2, 0) is 5.88 Å². The van der Waals surface area contributed by atoms with Crippen LogP contribution in [-0.4, -0.2) is 18.1 Å². The number of alkyl halides is 1. The number of aryl methyl sites for hydroxylation is 1. The van der Waals surface area contributed by atoms with Gasteiger partial charge in [0, 0.05) is 36.2 Å². The van der Waals surface area contributed by atoms with Crippen molar-refractivity contribution in [2.75, 3.05) is 11.9 Å². The van der Waals surface area contributed by atoms with Gasteiger partial charge < -0.3 is 4.90 Å². The van der Waals surface area contributed by atoms with Gasteiger partial charge in [0.25, 0.3) is 0 Å². The zero-order valence-corrected chi connectivity index (χ0v) is 12.4. The average Bonchev–Trinajstić information content (AvgIpc) is 2.38. The van der Waals surface area contributed by atoms with Gasteiger partial charge in [0.05, 0.1) is 5.88 Å². The van der Waals surface area contributed by atoms with Gasteiger partial charge in [-0.25, -0.2) is 0 Å². The van der Waals surface area contributed by atoms with Crippen LogP contribution < -0.4 is 4.90 Å². The molecule has 0 aromatic carbocycles. The van der Waals surface area contributed by atoms with Gasteiger partial charge >= 0.3 is 0 Å². The lowest BCUT2D eigenvalue weighted by Gasteiger charge is -2.38. The molecule has 0 saturated heterocycles. The molecule has 0 bridgehead atoms. The molecule has 2 atom stereocenters. The summed E-state index contributed by atoms with van der Waals surface area (Å²) < 4.78 is 0. The van der Waals surface area contributed by atoms with E-state index in [0.717, 1.165) is 17.2 Å². The lowest BCUT2D eigenvalue weighted by atomic mass is 9.85. The fourth-order valence-corrected chi connectivity index (χ4v) is 3.26. The quantitative estimate of drug-likeness (QED) is 0.765. The first-order valence-corrected chi connectivity index (χ1v) is 7.41. The van der Waals surface area contributed by atoms with Crippen LogP contribution in [0.2, 0.25) is 0 Å². The molecule has 1 aromatic rings. The van der Waals surface area contributed by atoms with Crippen molar-refractivity contribution in [2.24, 2.45) is 5.92 Å². The summed E-state index contributed by atoms with van der Waals surface area (Å²) in [5, 5.41) is 0. The Morgan fingerprint density at radius 2 is 2.11 bits per heavy atom. The zero-order valence-electron chi connectivity index (χ0n) is 11.6. The van der Waals surface area contributed by atoms with Crippen molar-refractivity contribution in [3.05, 3.63) is 23.5 Å². The summed E-state index contributed by atoms with van der Waals surface area (Å²) in [5.74, 6) is 1.30. The largest absolute Gasteiger partial charge is 0.371 e. The van der Waals surface area contributed by atoms with Crippen LogP contribution >= 0.6 is 11.6 Å². The van der Waals surface area contributed by atoms with E-state index in [1.54, 1.807) is 0 Å². The second kappa shape index (κ2) is 5.92. The van der Waals surface area contributed by atoms with Gasteiger partial charge in [-0.15, -0.1) is 11.6 Å². The van der Waals surface area contributed by atoms with Gasteiger partial charge in [0.15, 0.2) is 0 Å². The molecule has 0 amide bonds. The lowest BCUT2D eigenvalue weighted by molar-refractivity contribution is 0.321. The standard InChI is InChI=1S/C15H23ClN2/c1-11-6-4-5-7-14(11)18(3)15-8-12(2)17-10-13(15)9-16/h8,10-11,14H,4-7,9H2,1-3H3. The van der Waals surface area contributed by atoms with Crippen molar-refractivity contribution in [1.29, 1.82) is 0 Å². The molecule has 2 rings (SSSR count). The molecule has 100 valence electrons. The van der Waals surface area contributed by atoms with Crippen molar-refractivity contribution < 1.29 is 0 Å². The highest BCUT2D eigenvalue weighted by atomic mass is 35.5. The molecule has 1 aliphatic rings. The maximum atomic E-state index is 6.04. The van der Waals surface area contributed by atoms with Crippen LogP contribution in [0.15, 0.2) is 12.3 Å². The molecule has 2 unspecified atom stereocenters. The van der Waals surface area contributed by atoms with Crippen LogP contribution in [0.1, 0.15) is 43.9 Å². The fourth-order valence-electron chi connectivity index (χ4n) is 3.06.